The topological polar surface area (TPSA) is 78.8 Å². The van der Waals surface area contributed by atoms with E-state index in [0.29, 0.717) is 12.2 Å². The van der Waals surface area contributed by atoms with Gasteiger partial charge in [0, 0.05) is 12.1 Å². The molecule has 0 spiro atoms. The summed E-state index contributed by atoms with van der Waals surface area (Å²) in [4.78, 5) is 11.7. The molecule has 0 aliphatic rings. The molecule has 5 nitrogen and oxygen atoms in total. The van der Waals surface area contributed by atoms with E-state index in [1.54, 1.807) is 24.3 Å². The summed E-state index contributed by atoms with van der Waals surface area (Å²) in [5, 5.41) is 20.6. The van der Waals surface area contributed by atoms with E-state index in [-0.39, 0.29) is 25.7 Å². The van der Waals surface area contributed by atoms with E-state index in [1.165, 1.54) is 0 Å². The molecule has 1 amide bonds. The molecular formula is C14H21NO4. The van der Waals surface area contributed by atoms with Gasteiger partial charge in [-0.25, -0.2) is 0 Å². The zero-order chi connectivity index (χ0) is 14.3. The highest BCUT2D eigenvalue weighted by Gasteiger charge is 2.19. The molecule has 0 aromatic heterocycles. The van der Waals surface area contributed by atoms with Crippen LogP contribution in [-0.2, 0) is 11.4 Å². The van der Waals surface area contributed by atoms with Gasteiger partial charge < -0.3 is 20.3 Å². The Morgan fingerprint density at radius 2 is 1.89 bits per heavy atom. The van der Waals surface area contributed by atoms with Crippen molar-refractivity contribution in [2.75, 3.05) is 13.2 Å². The summed E-state index contributed by atoms with van der Waals surface area (Å²) in [6, 6.07) is 6.89. The van der Waals surface area contributed by atoms with Crippen molar-refractivity contribution in [2.24, 2.45) is 0 Å². The van der Waals surface area contributed by atoms with Crippen LogP contribution in [0.25, 0.3) is 0 Å². The molecule has 3 N–H and O–H groups in total. The van der Waals surface area contributed by atoms with Gasteiger partial charge in [0.1, 0.15) is 5.75 Å². The average molecular weight is 267 g/mol. The third-order valence-corrected chi connectivity index (χ3v) is 2.69. The first-order chi connectivity index (χ1) is 8.96. The van der Waals surface area contributed by atoms with Gasteiger partial charge in [0.2, 0.25) is 0 Å². The number of rotatable bonds is 7. The van der Waals surface area contributed by atoms with Gasteiger partial charge in [-0.05, 0) is 38.0 Å². The van der Waals surface area contributed by atoms with Crippen LogP contribution in [-0.4, -0.2) is 34.9 Å². The van der Waals surface area contributed by atoms with Crippen LogP contribution >= 0.6 is 0 Å². The van der Waals surface area contributed by atoms with Crippen molar-refractivity contribution >= 4 is 5.91 Å². The van der Waals surface area contributed by atoms with E-state index < -0.39 is 5.54 Å². The maximum atomic E-state index is 11.7. The van der Waals surface area contributed by atoms with Crippen molar-refractivity contribution in [3.05, 3.63) is 29.8 Å². The van der Waals surface area contributed by atoms with Crippen molar-refractivity contribution in [1.29, 1.82) is 0 Å². The summed E-state index contributed by atoms with van der Waals surface area (Å²) in [6.07, 6.45) is 0.490. The monoisotopic (exact) mass is 267 g/mol. The van der Waals surface area contributed by atoms with Gasteiger partial charge in [-0.15, -0.1) is 0 Å². The first-order valence-electron chi connectivity index (χ1n) is 6.21. The number of carbonyl (C=O) groups excluding carboxylic acids is 1. The van der Waals surface area contributed by atoms with Crippen molar-refractivity contribution in [3.63, 3.8) is 0 Å². The predicted octanol–water partition coefficient (Wildman–Crippen LogP) is 0.835. The first-order valence-corrected chi connectivity index (χ1v) is 6.21. The predicted molar refractivity (Wildman–Crippen MR) is 71.8 cm³/mol. The molecule has 0 aliphatic heterocycles. The molecule has 0 saturated carbocycles. The summed E-state index contributed by atoms with van der Waals surface area (Å²) in [5.41, 5.74) is 0.344. The molecule has 1 aromatic carbocycles. The summed E-state index contributed by atoms with van der Waals surface area (Å²) < 4.78 is 5.34. The van der Waals surface area contributed by atoms with Crippen LogP contribution in [0.5, 0.6) is 5.75 Å². The van der Waals surface area contributed by atoms with E-state index in [4.69, 9.17) is 14.9 Å². The fourth-order valence-electron chi connectivity index (χ4n) is 1.60. The number of nitrogens with one attached hydrogen (secondary N) is 1. The number of hydrogen-bond donors (Lipinski definition) is 3. The van der Waals surface area contributed by atoms with Gasteiger partial charge in [-0.2, -0.15) is 0 Å². The third-order valence-electron chi connectivity index (χ3n) is 2.69. The van der Waals surface area contributed by atoms with Gasteiger partial charge in [0.05, 0.1) is 6.61 Å². The minimum absolute atomic E-state index is 0.0177. The van der Waals surface area contributed by atoms with Gasteiger partial charge >= 0.3 is 0 Å². The maximum Gasteiger partial charge on any atom is 0.258 e. The highest BCUT2D eigenvalue weighted by Crippen LogP contribution is 2.12. The lowest BCUT2D eigenvalue weighted by Gasteiger charge is -2.25. The van der Waals surface area contributed by atoms with E-state index in [9.17, 15) is 4.79 Å². The molecule has 5 heteroatoms. The Hall–Kier alpha value is -1.59. The lowest BCUT2D eigenvalue weighted by atomic mass is 10.0. The zero-order valence-corrected chi connectivity index (χ0v) is 11.3. The van der Waals surface area contributed by atoms with Crippen molar-refractivity contribution in [2.45, 2.75) is 32.4 Å². The minimum atomic E-state index is -0.448. The Morgan fingerprint density at radius 1 is 1.26 bits per heavy atom. The normalized spacial score (nSPS) is 11.2. The molecular weight excluding hydrogens is 246 g/mol. The second-order valence-electron chi connectivity index (χ2n) is 5.00. The Balaban J connectivity index is 2.41. The molecule has 0 fully saturated rings. The maximum absolute atomic E-state index is 11.7. The quantitative estimate of drug-likeness (QED) is 0.684. The lowest BCUT2D eigenvalue weighted by Crippen LogP contribution is -2.46. The highest BCUT2D eigenvalue weighted by molar-refractivity contribution is 5.78. The number of ether oxygens (including phenoxy) is 1. The van der Waals surface area contributed by atoms with E-state index in [2.05, 4.69) is 5.32 Å². The largest absolute Gasteiger partial charge is 0.484 e. The Labute approximate surface area is 113 Å². The second-order valence-corrected chi connectivity index (χ2v) is 5.00. The fourth-order valence-corrected chi connectivity index (χ4v) is 1.60. The van der Waals surface area contributed by atoms with Crippen LogP contribution in [0, 0.1) is 0 Å². The zero-order valence-electron chi connectivity index (χ0n) is 11.3. The van der Waals surface area contributed by atoms with E-state index >= 15 is 0 Å². The van der Waals surface area contributed by atoms with Crippen molar-refractivity contribution in [1.82, 2.24) is 5.32 Å². The SMILES string of the molecule is CC(C)(CCO)NC(=O)COc1ccc(CO)cc1. The molecule has 0 radical (unpaired) electrons. The molecule has 0 saturated heterocycles. The molecule has 0 unspecified atom stereocenters. The van der Waals surface area contributed by atoms with Gasteiger partial charge in [-0.1, -0.05) is 12.1 Å². The Kier molecular flexibility index (Phi) is 5.79. The molecule has 106 valence electrons. The summed E-state index contributed by atoms with van der Waals surface area (Å²) in [6.45, 7) is 3.62. The average Bonchev–Trinajstić information content (AvgIpc) is 2.36. The number of benzene rings is 1. The third kappa shape index (κ3) is 5.72. The van der Waals surface area contributed by atoms with Crippen LogP contribution in [0.3, 0.4) is 0 Å². The van der Waals surface area contributed by atoms with Gasteiger partial charge in [0.15, 0.2) is 6.61 Å². The number of amides is 1. The van der Waals surface area contributed by atoms with Crippen LogP contribution in [0.1, 0.15) is 25.8 Å². The number of aliphatic hydroxyl groups is 2. The lowest BCUT2D eigenvalue weighted by molar-refractivity contribution is -0.124. The Morgan fingerprint density at radius 3 is 2.42 bits per heavy atom. The van der Waals surface area contributed by atoms with Crippen molar-refractivity contribution < 1.29 is 19.7 Å². The van der Waals surface area contributed by atoms with E-state index in [0.717, 1.165) is 5.56 Å². The summed E-state index contributed by atoms with van der Waals surface area (Å²) >= 11 is 0. The molecule has 0 bridgehead atoms. The molecule has 0 aliphatic carbocycles. The molecule has 0 atom stereocenters. The number of carbonyl (C=O) groups is 1. The molecule has 1 aromatic rings. The molecule has 0 heterocycles. The van der Waals surface area contributed by atoms with Crippen LogP contribution in [0.4, 0.5) is 0 Å². The smallest absolute Gasteiger partial charge is 0.258 e. The van der Waals surface area contributed by atoms with Gasteiger partial charge in [-0.3, -0.25) is 4.79 Å². The first kappa shape index (κ1) is 15.5. The van der Waals surface area contributed by atoms with Crippen LogP contribution in [0.15, 0.2) is 24.3 Å². The number of hydrogen-bond acceptors (Lipinski definition) is 4. The second kappa shape index (κ2) is 7.11. The van der Waals surface area contributed by atoms with Gasteiger partial charge in [0.25, 0.3) is 5.91 Å². The number of aliphatic hydroxyl groups excluding tert-OH is 2. The highest BCUT2D eigenvalue weighted by atomic mass is 16.5. The van der Waals surface area contributed by atoms with Crippen LogP contribution in [0.2, 0.25) is 0 Å². The summed E-state index contributed by atoms with van der Waals surface area (Å²) in [5.74, 6) is 0.344. The minimum Gasteiger partial charge on any atom is -0.484 e. The molecule has 19 heavy (non-hydrogen) atoms. The summed E-state index contributed by atoms with van der Waals surface area (Å²) in [7, 11) is 0. The molecule has 1 rings (SSSR count). The van der Waals surface area contributed by atoms with E-state index in [1.807, 2.05) is 13.8 Å². The standard InChI is InChI=1S/C14H21NO4/c1-14(2,7-8-16)15-13(18)10-19-12-5-3-11(9-17)4-6-12/h3-6,16-17H,7-10H2,1-2H3,(H,15,18). The van der Waals surface area contributed by atoms with Crippen LogP contribution < -0.4 is 10.1 Å². The van der Waals surface area contributed by atoms with Crippen molar-refractivity contribution in [3.8, 4) is 5.75 Å². The Bertz CT molecular complexity index is 400. The fraction of sp³-hybridized carbons (Fsp3) is 0.500.